The summed E-state index contributed by atoms with van der Waals surface area (Å²) in [7, 11) is 0. The first-order valence-corrected chi connectivity index (χ1v) is 12.6. The summed E-state index contributed by atoms with van der Waals surface area (Å²) >= 11 is 0. The number of hydrogen-bond acceptors (Lipinski definition) is 2. The Bertz CT molecular complexity index is 1330. The Kier molecular flexibility index (Phi) is 5.39. The van der Waals surface area contributed by atoms with Crippen LogP contribution in [0.5, 0.6) is 0 Å². The van der Waals surface area contributed by atoms with Crippen molar-refractivity contribution >= 4 is 28.4 Å². The van der Waals surface area contributed by atoms with Crippen LogP contribution in [0.25, 0.3) is 10.9 Å². The van der Waals surface area contributed by atoms with Crippen molar-refractivity contribution in [1.29, 1.82) is 0 Å². The van der Waals surface area contributed by atoms with Crippen molar-refractivity contribution in [2.75, 3.05) is 24.5 Å². The van der Waals surface area contributed by atoms with Crippen molar-refractivity contribution in [3.63, 3.8) is 0 Å². The molecule has 2 aliphatic heterocycles. The molecule has 6 rings (SSSR count). The molecule has 188 valence electrons. The van der Waals surface area contributed by atoms with Gasteiger partial charge >= 0.3 is 6.18 Å². The van der Waals surface area contributed by atoms with Crippen LogP contribution in [0.1, 0.15) is 59.3 Å². The van der Waals surface area contributed by atoms with Crippen molar-refractivity contribution in [1.82, 2.24) is 9.88 Å². The number of anilines is 1. The number of halogens is 3. The molecule has 2 aromatic carbocycles. The molecular formula is C28H28F3N3O2. The van der Waals surface area contributed by atoms with E-state index in [1.165, 1.54) is 36.2 Å². The third-order valence-corrected chi connectivity index (χ3v) is 8.28. The SMILES string of the molecule is O=C(c1ccc2[nH]c3c(c2c1)CCCC3)N1CCC2(CC1)CC(=O)N(c1ccc(C(F)(F)F)cc1)C2. The number of benzene rings is 2. The molecule has 1 aliphatic carbocycles. The average Bonchev–Trinajstić information content (AvgIpc) is 3.40. The largest absolute Gasteiger partial charge is 0.416 e. The molecule has 5 nitrogen and oxygen atoms in total. The summed E-state index contributed by atoms with van der Waals surface area (Å²) in [5, 5.41) is 1.15. The smallest absolute Gasteiger partial charge is 0.358 e. The maximum atomic E-state index is 13.3. The van der Waals surface area contributed by atoms with Gasteiger partial charge in [-0.15, -0.1) is 0 Å². The minimum atomic E-state index is -4.40. The summed E-state index contributed by atoms with van der Waals surface area (Å²) < 4.78 is 38.7. The Morgan fingerprint density at radius 3 is 2.42 bits per heavy atom. The zero-order chi connectivity index (χ0) is 25.1. The van der Waals surface area contributed by atoms with Gasteiger partial charge in [0.15, 0.2) is 0 Å². The van der Waals surface area contributed by atoms with E-state index < -0.39 is 11.7 Å². The third kappa shape index (κ3) is 3.96. The molecule has 8 heteroatoms. The molecule has 1 aromatic heterocycles. The lowest BCUT2D eigenvalue weighted by Gasteiger charge is -2.38. The Hall–Kier alpha value is -3.29. The molecule has 1 N–H and O–H groups in total. The second-order valence-electron chi connectivity index (χ2n) is 10.5. The van der Waals surface area contributed by atoms with Gasteiger partial charge in [-0.2, -0.15) is 13.2 Å². The minimum Gasteiger partial charge on any atom is -0.358 e. The van der Waals surface area contributed by atoms with Crippen molar-refractivity contribution in [2.24, 2.45) is 5.41 Å². The Morgan fingerprint density at radius 2 is 1.69 bits per heavy atom. The number of likely N-dealkylation sites (tertiary alicyclic amines) is 1. The molecule has 2 saturated heterocycles. The maximum Gasteiger partial charge on any atom is 0.416 e. The van der Waals surface area contributed by atoms with E-state index in [9.17, 15) is 22.8 Å². The van der Waals surface area contributed by atoms with Gasteiger partial charge in [0.1, 0.15) is 0 Å². The Labute approximate surface area is 207 Å². The molecule has 3 heterocycles. The number of nitrogens with zero attached hydrogens (tertiary/aromatic N) is 2. The fourth-order valence-electron chi connectivity index (χ4n) is 6.20. The summed E-state index contributed by atoms with van der Waals surface area (Å²) in [5.41, 5.74) is 3.94. The van der Waals surface area contributed by atoms with Gasteiger partial charge in [-0.05, 0) is 86.6 Å². The monoisotopic (exact) mass is 495 g/mol. The lowest BCUT2D eigenvalue weighted by atomic mass is 9.77. The quantitative estimate of drug-likeness (QED) is 0.494. The third-order valence-electron chi connectivity index (χ3n) is 8.28. The van der Waals surface area contributed by atoms with E-state index in [-0.39, 0.29) is 17.2 Å². The molecule has 0 unspecified atom stereocenters. The standard InChI is InChI=1S/C28H28F3N3O2/c29-28(30,31)19-6-8-20(9-7-19)34-17-27(16-25(34)35)11-13-33(14-12-27)26(36)18-5-10-24-22(15-18)21-3-1-2-4-23(21)32-24/h5-10,15,32H,1-4,11-14,16-17H2. The van der Waals surface area contributed by atoms with Crippen molar-refractivity contribution in [2.45, 2.75) is 51.1 Å². The topological polar surface area (TPSA) is 56.4 Å². The van der Waals surface area contributed by atoms with Crippen molar-refractivity contribution in [3.8, 4) is 0 Å². The van der Waals surface area contributed by atoms with Crippen LogP contribution in [0.2, 0.25) is 0 Å². The molecule has 2 amide bonds. The number of carbonyl (C=O) groups is 2. The van der Waals surface area contributed by atoms with Crippen LogP contribution in [0, 0.1) is 5.41 Å². The Balaban J connectivity index is 1.14. The molecule has 1 spiro atoms. The number of aromatic nitrogens is 1. The van der Waals surface area contributed by atoms with Gasteiger partial charge < -0.3 is 14.8 Å². The number of amides is 2. The lowest BCUT2D eigenvalue weighted by Crippen LogP contribution is -2.44. The van der Waals surface area contributed by atoms with Crippen LogP contribution in [0.3, 0.4) is 0 Å². The highest BCUT2D eigenvalue weighted by molar-refractivity contribution is 5.99. The number of nitrogens with one attached hydrogen (secondary N) is 1. The molecule has 0 radical (unpaired) electrons. The Morgan fingerprint density at radius 1 is 0.972 bits per heavy atom. The van der Waals surface area contributed by atoms with Crippen LogP contribution in [0.4, 0.5) is 18.9 Å². The van der Waals surface area contributed by atoms with Gasteiger partial charge in [-0.3, -0.25) is 9.59 Å². The summed E-state index contributed by atoms with van der Waals surface area (Å²) in [6, 6.07) is 10.7. The van der Waals surface area contributed by atoms with Crippen LogP contribution in [0.15, 0.2) is 42.5 Å². The highest BCUT2D eigenvalue weighted by Crippen LogP contribution is 2.43. The van der Waals surface area contributed by atoms with Gasteiger partial charge in [0, 0.05) is 59.3 Å². The van der Waals surface area contributed by atoms with Gasteiger partial charge in [0.25, 0.3) is 5.91 Å². The second kappa shape index (κ2) is 8.39. The fraction of sp³-hybridized carbons (Fsp3) is 0.429. The summed E-state index contributed by atoms with van der Waals surface area (Å²) in [5.74, 6) is -0.0568. The van der Waals surface area contributed by atoms with Gasteiger partial charge in [0.2, 0.25) is 5.91 Å². The van der Waals surface area contributed by atoms with Gasteiger partial charge in [0.05, 0.1) is 5.56 Å². The minimum absolute atomic E-state index is 0.0152. The molecule has 36 heavy (non-hydrogen) atoms. The van der Waals surface area contributed by atoms with Crippen molar-refractivity contribution in [3.05, 3.63) is 64.8 Å². The van der Waals surface area contributed by atoms with E-state index in [0.29, 0.717) is 50.1 Å². The predicted octanol–water partition coefficient (Wildman–Crippen LogP) is 5.72. The summed E-state index contributed by atoms with van der Waals surface area (Å²) in [4.78, 5) is 33.1. The molecule has 2 fully saturated rings. The molecule has 0 saturated carbocycles. The first kappa shape index (κ1) is 23.1. The molecule has 3 aliphatic rings. The zero-order valence-electron chi connectivity index (χ0n) is 20.0. The number of fused-ring (bicyclic) bond motifs is 3. The van der Waals surface area contributed by atoms with E-state index >= 15 is 0 Å². The molecular weight excluding hydrogens is 467 g/mol. The van der Waals surface area contributed by atoms with E-state index in [1.54, 1.807) is 4.90 Å². The van der Waals surface area contributed by atoms with Crippen LogP contribution >= 0.6 is 0 Å². The molecule has 3 aromatic rings. The van der Waals surface area contributed by atoms with Crippen LogP contribution < -0.4 is 4.90 Å². The first-order valence-electron chi connectivity index (χ1n) is 12.6. The van der Waals surface area contributed by atoms with E-state index in [1.807, 2.05) is 23.1 Å². The number of H-pyrrole nitrogens is 1. The highest BCUT2D eigenvalue weighted by atomic mass is 19.4. The van der Waals surface area contributed by atoms with Crippen LogP contribution in [-0.2, 0) is 23.8 Å². The predicted molar refractivity (Wildman–Crippen MR) is 131 cm³/mol. The first-order chi connectivity index (χ1) is 17.2. The number of aromatic amines is 1. The number of aryl methyl sites for hydroxylation is 2. The van der Waals surface area contributed by atoms with E-state index in [4.69, 9.17) is 0 Å². The van der Waals surface area contributed by atoms with Gasteiger partial charge in [-0.25, -0.2) is 0 Å². The van der Waals surface area contributed by atoms with E-state index in [0.717, 1.165) is 35.9 Å². The van der Waals surface area contributed by atoms with Crippen molar-refractivity contribution < 1.29 is 22.8 Å². The number of hydrogen-bond donors (Lipinski definition) is 1. The highest BCUT2D eigenvalue weighted by Gasteiger charge is 2.46. The molecule has 0 bridgehead atoms. The van der Waals surface area contributed by atoms with Gasteiger partial charge in [-0.1, -0.05) is 0 Å². The van der Waals surface area contributed by atoms with E-state index in [2.05, 4.69) is 4.98 Å². The summed E-state index contributed by atoms with van der Waals surface area (Å²) in [6.07, 6.45) is 1.82. The fourth-order valence-corrected chi connectivity index (χ4v) is 6.20. The zero-order valence-corrected chi connectivity index (χ0v) is 20.0. The number of alkyl halides is 3. The second-order valence-corrected chi connectivity index (χ2v) is 10.5. The number of rotatable bonds is 2. The summed E-state index contributed by atoms with van der Waals surface area (Å²) in [6.45, 7) is 1.60. The van der Waals surface area contributed by atoms with Crippen LogP contribution in [-0.4, -0.2) is 41.3 Å². The number of piperidine rings is 1. The lowest BCUT2D eigenvalue weighted by molar-refractivity contribution is -0.137. The molecule has 0 atom stereocenters. The average molecular weight is 496 g/mol. The number of carbonyl (C=O) groups excluding carboxylic acids is 2. The maximum absolute atomic E-state index is 13.3. The normalized spacial score (nSPS) is 19.8.